The lowest BCUT2D eigenvalue weighted by Crippen LogP contribution is -2.03. The number of azo groups is 1. The quantitative estimate of drug-likeness (QED) is 0.627. The lowest BCUT2D eigenvalue weighted by molar-refractivity contribution is 0.451. The molecule has 7 heteroatoms. The van der Waals surface area contributed by atoms with E-state index in [1.54, 1.807) is 24.3 Å². The van der Waals surface area contributed by atoms with Gasteiger partial charge in [0.25, 0.3) is 11.5 Å². The number of aromatic hydroxyl groups is 2. The number of nitrogens with zero attached hydrogens (tertiary/aromatic N) is 3. The van der Waals surface area contributed by atoms with Gasteiger partial charge in [0.1, 0.15) is 5.75 Å². The number of nitrogens with one attached hydrogen (secondary N) is 1. The Morgan fingerprint density at radius 1 is 1.00 bits per heavy atom. The van der Waals surface area contributed by atoms with E-state index in [1.807, 2.05) is 6.07 Å². The molecule has 0 spiro atoms. The summed E-state index contributed by atoms with van der Waals surface area (Å²) in [6.07, 6.45) is 0. The number of phenols is 1. The molecule has 0 amide bonds. The van der Waals surface area contributed by atoms with Gasteiger partial charge in [-0.15, -0.1) is 10.2 Å². The van der Waals surface area contributed by atoms with Gasteiger partial charge in [0, 0.05) is 10.8 Å². The predicted molar refractivity (Wildman–Crippen MR) is 76.3 cm³/mol. The van der Waals surface area contributed by atoms with Crippen LogP contribution in [0.3, 0.4) is 0 Å². The van der Waals surface area contributed by atoms with Crippen molar-refractivity contribution in [3.8, 4) is 11.6 Å². The van der Waals surface area contributed by atoms with Crippen LogP contribution in [0.15, 0.2) is 57.5 Å². The van der Waals surface area contributed by atoms with E-state index < -0.39 is 11.4 Å². The number of H-pyrrole nitrogens is 1. The zero-order valence-corrected chi connectivity index (χ0v) is 10.7. The Hall–Kier alpha value is -3.22. The Morgan fingerprint density at radius 3 is 2.52 bits per heavy atom. The third-order valence-corrected chi connectivity index (χ3v) is 2.85. The fourth-order valence-electron chi connectivity index (χ4n) is 1.94. The van der Waals surface area contributed by atoms with Crippen LogP contribution in [-0.4, -0.2) is 20.2 Å². The molecule has 3 rings (SSSR count). The van der Waals surface area contributed by atoms with E-state index in [2.05, 4.69) is 20.2 Å². The number of aromatic nitrogens is 2. The molecule has 21 heavy (non-hydrogen) atoms. The summed E-state index contributed by atoms with van der Waals surface area (Å²) in [4.78, 5) is 17.2. The van der Waals surface area contributed by atoms with Crippen molar-refractivity contribution in [3.63, 3.8) is 0 Å². The highest BCUT2D eigenvalue weighted by Crippen LogP contribution is 2.32. The van der Waals surface area contributed by atoms with Crippen LogP contribution in [0.2, 0.25) is 0 Å². The first-order valence-electron chi connectivity index (χ1n) is 6.06. The number of rotatable bonds is 2. The fourth-order valence-corrected chi connectivity index (χ4v) is 1.94. The minimum Gasteiger partial charge on any atom is -0.507 e. The molecular weight excluding hydrogens is 272 g/mol. The SMILES string of the molecule is O=c1cc(O)nc(N=Nc2ccc(O)c3ccccc23)[nH]1. The minimum atomic E-state index is -0.521. The van der Waals surface area contributed by atoms with Crippen LogP contribution < -0.4 is 5.56 Å². The van der Waals surface area contributed by atoms with Gasteiger partial charge in [-0.25, -0.2) is 0 Å². The first-order valence-corrected chi connectivity index (χ1v) is 6.06. The van der Waals surface area contributed by atoms with Gasteiger partial charge in [0.05, 0.1) is 11.8 Å². The van der Waals surface area contributed by atoms with Crippen LogP contribution in [0.25, 0.3) is 10.8 Å². The Labute approximate surface area is 118 Å². The van der Waals surface area contributed by atoms with Crippen molar-refractivity contribution in [2.75, 3.05) is 0 Å². The Bertz CT molecular complexity index is 902. The molecule has 7 nitrogen and oxygen atoms in total. The van der Waals surface area contributed by atoms with Crippen LogP contribution in [0.4, 0.5) is 11.6 Å². The van der Waals surface area contributed by atoms with Gasteiger partial charge < -0.3 is 10.2 Å². The summed E-state index contributed by atoms with van der Waals surface area (Å²) in [5, 5.41) is 28.2. The van der Waals surface area contributed by atoms with Crippen LogP contribution in [0.1, 0.15) is 0 Å². The predicted octanol–water partition coefficient (Wildman–Crippen LogP) is 2.75. The molecule has 0 unspecified atom stereocenters. The third-order valence-electron chi connectivity index (χ3n) is 2.85. The second-order valence-electron chi connectivity index (χ2n) is 4.28. The molecule has 0 fully saturated rings. The van der Waals surface area contributed by atoms with Gasteiger partial charge in [-0.05, 0) is 12.1 Å². The number of fused-ring (bicyclic) bond motifs is 1. The van der Waals surface area contributed by atoms with Crippen LogP contribution in [-0.2, 0) is 0 Å². The van der Waals surface area contributed by atoms with Gasteiger partial charge in [0.15, 0.2) is 0 Å². The van der Waals surface area contributed by atoms with E-state index in [4.69, 9.17) is 0 Å². The average molecular weight is 282 g/mol. The van der Waals surface area contributed by atoms with Gasteiger partial charge in [-0.1, -0.05) is 24.3 Å². The summed E-state index contributed by atoms with van der Waals surface area (Å²) in [6.45, 7) is 0. The summed E-state index contributed by atoms with van der Waals surface area (Å²) in [6, 6.07) is 11.2. The Balaban J connectivity index is 2.07. The zero-order chi connectivity index (χ0) is 14.8. The first kappa shape index (κ1) is 12.8. The van der Waals surface area contributed by atoms with Gasteiger partial charge in [0.2, 0.25) is 5.88 Å². The molecule has 0 radical (unpaired) electrons. The maximum atomic E-state index is 11.2. The van der Waals surface area contributed by atoms with Gasteiger partial charge in [-0.2, -0.15) is 4.98 Å². The highest BCUT2D eigenvalue weighted by atomic mass is 16.3. The van der Waals surface area contributed by atoms with E-state index in [0.717, 1.165) is 6.07 Å². The van der Waals surface area contributed by atoms with E-state index in [0.29, 0.717) is 16.5 Å². The highest BCUT2D eigenvalue weighted by Gasteiger charge is 2.04. The number of hydrogen-bond donors (Lipinski definition) is 3. The number of phenolic OH excluding ortho intramolecular Hbond substituents is 1. The number of aromatic amines is 1. The monoisotopic (exact) mass is 282 g/mol. The summed E-state index contributed by atoms with van der Waals surface area (Å²) >= 11 is 0. The highest BCUT2D eigenvalue weighted by molar-refractivity contribution is 5.96. The summed E-state index contributed by atoms with van der Waals surface area (Å²) in [5.74, 6) is -0.381. The molecule has 2 aromatic carbocycles. The minimum absolute atomic E-state index is 0.0999. The molecule has 104 valence electrons. The first-order chi connectivity index (χ1) is 10.1. The van der Waals surface area contributed by atoms with E-state index >= 15 is 0 Å². The Morgan fingerprint density at radius 2 is 1.76 bits per heavy atom. The molecule has 0 aliphatic heterocycles. The topological polar surface area (TPSA) is 111 Å². The maximum absolute atomic E-state index is 11.2. The zero-order valence-electron chi connectivity index (χ0n) is 10.7. The van der Waals surface area contributed by atoms with Gasteiger partial charge in [-0.3, -0.25) is 9.78 Å². The lowest BCUT2D eigenvalue weighted by atomic mass is 10.1. The normalized spacial score (nSPS) is 11.2. The molecule has 0 saturated heterocycles. The molecule has 1 aromatic heterocycles. The van der Waals surface area contributed by atoms with Crippen molar-refractivity contribution in [2.24, 2.45) is 10.2 Å². The summed E-state index contributed by atoms with van der Waals surface area (Å²) in [5.41, 5.74) is -0.0126. The van der Waals surface area contributed by atoms with Crippen LogP contribution >= 0.6 is 0 Å². The van der Waals surface area contributed by atoms with Crippen molar-refractivity contribution < 1.29 is 10.2 Å². The molecule has 0 atom stereocenters. The third kappa shape index (κ3) is 2.57. The molecule has 0 aliphatic rings. The molecule has 3 aromatic rings. The smallest absolute Gasteiger partial charge is 0.256 e. The Kier molecular flexibility index (Phi) is 3.07. The van der Waals surface area contributed by atoms with Crippen LogP contribution in [0, 0.1) is 0 Å². The number of hydrogen-bond acceptors (Lipinski definition) is 6. The van der Waals surface area contributed by atoms with E-state index in [-0.39, 0.29) is 11.7 Å². The molecule has 3 N–H and O–H groups in total. The van der Waals surface area contributed by atoms with Crippen molar-refractivity contribution in [1.82, 2.24) is 9.97 Å². The summed E-state index contributed by atoms with van der Waals surface area (Å²) < 4.78 is 0. The van der Waals surface area contributed by atoms with Gasteiger partial charge >= 0.3 is 0 Å². The summed E-state index contributed by atoms with van der Waals surface area (Å²) in [7, 11) is 0. The van der Waals surface area contributed by atoms with E-state index in [9.17, 15) is 15.0 Å². The van der Waals surface area contributed by atoms with Crippen molar-refractivity contribution in [2.45, 2.75) is 0 Å². The van der Waals surface area contributed by atoms with Crippen molar-refractivity contribution >= 4 is 22.4 Å². The fraction of sp³-hybridized carbons (Fsp3) is 0. The van der Waals surface area contributed by atoms with Crippen LogP contribution in [0.5, 0.6) is 11.6 Å². The second kappa shape index (κ2) is 5.04. The second-order valence-corrected chi connectivity index (χ2v) is 4.28. The van der Waals surface area contributed by atoms with E-state index in [1.165, 1.54) is 6.07 Å². The van der Waals surface area contributed by atoms with Crippen molar-refractivity contribution in [1.29, 1.82) is 0 Å². The standard InChI is InChI=1S/C14H10N4O3/c19-11-6-5-10(8-3-1-2-4-9(8)11)17-18-14-15-12(20)7-13(21)16-14/h1-7,19H,(H2,15,16,20,21). The molecule has 0 aliphatic carbocycles. The number of benzene rings is 2. The lowest BCUT2D eigenvalue weighted by Gasteiger charge is -2.03. The van der Waals surface area contributed by atoms with Crippen molar-refractivity contribution in [3.05, 3.63) is 52.8 Å². The average Bonchev–Trinajstić information content (AvgIpc) is 2.46. The maximum Gasteiger partial charge on any atom is 0.256 e. The molecular formula is C14H10N4O3. The largest absolute Gasteiger partial charge is 0.507 e. The molecule has 0 bridgehead atoms. The molecule has 1 heterocycles. The molecule has 0 saturated carbocycles.